The Morgan fingerprint density at radius 2 is 1.95 bits per heavy atom. The van der Waals surface area contributed by atoms with E-state index in [1.807, 2.05) is 25.1 Å². The predicted octanol–water partition coefficient (Wildman–Crippen LogP) is 2.20. The van der Waals surface area contributed by atoms with Gasteiger partial charge in [0.2, 0.25) is 0 Å². The molecule has 0 fully saturated rings. The summed E-state index contributed by atoms with van der Waals surface area (Å²) in [6, 6.07) is 6.37. The van der Waals surface area contributed by atoms with Gasteiger partial charge < -0.3 is 19.9 Å². The largest absolute Gasteiger partial charge is 0.493 e. The minimum absolute atomic E-state index is 0.113. The van der Waals surface area contributed by atoms with Crippen LogP contribution < -0.4 is 14.8 Å². The molecule has 1 aromatic carbocycles. The quantitative estimate of drug-likeness (QED) is 0.758. The molecule has 0 saturated heterocycles. The number of ether oxygens (including phenoxy) is 2. The van der Waals surface area contributed by atoms with Crippen LogP contribution in [0.5, 0.6) is 11.5 Å². The zero-order valence-corrected chi connectivity index (χ0v) is 12.3. The van der Waals surface area contributed by atoms with Crippen LogP contribution in [0.3, 0.4) is 0 Å². The van der Waals surface area contributed by atoms with Gasteiger partial charge in [-0.15, -0.1) is 0 Å². The second-order valence-electron chi connectivity index (χ2n) is 5.12. The molecule has 0 aromatic heterocycles. The average Bonchev–Trinajstić information content (AvgIpc) is 2.42. The van der Waals surface area contributed by atoms with Crippen molar-refractivity contribution in [2.75, 3.05) is 20.3 Å². The Balaban J connectivity index is 2.72. The third-order valence-corrected chi connectivity index (χ3v) is 2.78. The van der Waals surface area contributed by atoms with E-state index in [9.17, 15) is 0 Å². The standard InChI is InChI=1S/C15H25NO3/c1-11(2)16-8-13-5-6-14(18-4)15(7-13)19-10-12(3)9-17/h5-7,11-12,16-17H,8-10H2,1-4H3. The zero-order chi connectivity index (χ0) is 14.3. The predicted molar refractivity (Wildman–Crippen MR) is 76.7 cm³/mol. The molecule has 0 radical (unpaired) electrons. The number of aliphatic hydroxyl groups excluding tert-OH is 1. The smallest absolute Gasteiger partial charge is 0.161 e. The fourth-order valence-electron chi connectivity index (χ4n) is 1.55. The Labute approximate surface area is 115 Å². The van der Waals surface area contributed by atoms with Crippen molar-refractivity contribution in [3.8, 4) is 11.5 Å². The van der Waals surface area contributed by atoms with Gasteiger partial charge in [0.1, 0.15) is 0 Å². The summed E-state index contributed by atoms with van der Waals surface area (Å²) < 4.78 is 11.0. The summed E-state index contributed by atoms with van der Waals surface area (Å²) in [5, 5.41) is 12.4. The normalized spacial score (nSPS) is 12.5. The minimum Gasteiger partial charge on any atom is -0.493 e. The van der Waals surface area contributed by atoms with Gasteiger partial charge in [0, 0.05) is 25.1 Å². The molecule has 0 aliphatic heterocycles. The zero-order valence-electron chi connectivity index (χ0n) is 12.3. The molecule has 19 heavy (non-hydrogen) atoms. The van der Waals surface area contributed by atoms with Gasteiger partial charge in [-0.1, -0.05) is 26.8 Å². The lowest BCUT2D eigenvalue weighted by Crippen LogP contribution is -2.21. The van der Waals surface area contributed by atoms with Crippen molar-refractivity contribution in [2.45, 2.75) is 33.4 Å². The van der Waals surface area contributed by atoms with Gasteiger partial charge in [-0.2, -0.15) is 0 Å². The molecule has 4 nitrogen and oxygen atoms in total. The first-order valence-corrected chi connectivity index (χ1v) is 6.70. The van der Waals surface area contributed by atoms with Crippen molar-refractivity contribution in [2.24, 2.45) is 5.92 Å². The molecular weight excluding hydrogens is 242 g/mol. The first-order valence-electron chi connectivity index (χ1n) is 6.70. The molecule has 0 spiro atoms. The molecule has 1 rings (SSSR count). The fourth-order valence-corrected chi connectivity index (χ4v) is 1.55. The second kappa shape index (κ2) is 8.02. The maximum Gasteiger partial charge on any atom is 0.161 e. The van der Waals surface area contributed by atoms with Crippen LogP contribution in [0.2, 0.25) is 0 Å². The van der Waals surface area contributed by atoms with Gasteiger partial charge in [-0.05, 0) is 17.7 Å². The number of hydrogen-bond donors (Lipinski definition) is 2. The lowest BCUT2D eigenvalue weighted by molar-refractivity contribution is 0.171. The SMILES string of the molecule is COc1ccc(CNC(C)C)cc1OCC(C)CO. The van der Waals surface area contributed by atoms with Crippen LogP contribution >= 0.6 is 0 Å². The molecule has 0 heterocycles. The van der Waals surface area contributed by atoms with Gasteiger partial charge in [-0.25, -0.2) is 0 Å². The van der Waals surface area contributed by atoms with Crippen LogP contribution in [-0.4, -0.2) is 31.5 Å². The van der Waals surface area contributed by atoms with Crippen molar-refractivity contribution < 1.29 is 14.6 Å². The summed E-state index contributed by atoms with van der Waals surface area (Å²) >= 11 is 0. The summed E-state index contributed by atoms with van der Waals surface area (Å²) in [7, 11) is 1.63. The van der Waals surface area contributed by atoms with Crippen molar-refractivity contribution in [1.82, 2.24) is 5.32 Å². The molecule has 0 amide bonds. The first kappa shape index (κ1) is 15.8. The summed E-state index contributed by atoms with van der Waals surface area (Å²) in [5.74, 6) is 1.56. The van der Waals surface area contributed by atoms with Gasteiger partial charge in [-0.3, -0.25) is 0 Å². The third kappa shape index (κ3) is 5.49. The molecule has 0 bridgehead atoms. The van der Waals surface area contributed by atoms with Crippen molar-refractivity contribution in [3.05, 3.63) is 23.8 Å². The van der Waals surface area contributed by atoms with Crippen molar-refractivity contribution in [3.63, 3.8) is 0 Å². The Morgan fingerprint density at radius 3 is 2.53 bits per heavy atom. The van der Waals surface area contributed by atoms with Crippen molar-refractivity contribution in [1.29, 1.82) is 0 Å². The monoisotopic (exact) mass is 267 g/mol. The van der Waals surface area contributed by atoms with E-state index >= 15 is 0 Å². The van der Waals surface area contributed by atoms with Gasteiger partial charge in [0.05, 0.1) is 13.7 Å². The van der Waals surface area contributed by atoms with E-state index in [1.165, 1.54) is 0 Å². The van der Waals surface area contributed by atoms with E-state index in [2.05, 4.69) is 19.2 Å². The molecule has 2 N–H and O–H groups in total. The lowest BCUT2D eigenvalue weighted by atomic mass is 10.2. The number of nitrogens with one attached hydrogen (secondary N) is 1. The van der Waals surface area contributed by atoms with E-state index in [1.54, 1.807) is 7.11 Å². The topological polar surface area (TPSA) is 50.7 Å². The van der Waals surface area contributed by atoms with E-state index in [0.29, 0.717) is 12.6 Å². The van der Waals surface area contributed by atoms with E-state index in [4.69, 9.17) is 14.6 Å². The highest BCUT2D eigenvalue weighted by Crippen LogP contribution is 2.28. The van der Waals surface area contributed by atoms with E-state index < -0.39 is 0 Å². The van der Waals surface area contributed by atoms with Gasteiger partial charge >= 0.3 is 0 Å². The minimum atomic E-state index is 0.113. The van der Waals surface area contributed by atoms with Gasteiger partial charge in [0.15, 0.2) is 11.5 Å². The maximum atomic E-state index is 9.02. The Hall–Kier alpha value is -1.26. The first-order chi connectivity index (χ1) is 9.06. The highest BCUT2D eigenvalue weighted by Gasteiger charge is 2.08. The number of hydrogen-bond acceptors (Lipinski definition) is 4. The van der Waals surface area contributed by atoms with Crippen LogP contribution in [0.15, 0.2) is 18.2 Å². The molecule has 1 atom stereocenters. The molecule has 108 valence electrons. The van der Waals surface area contributed by atoms with Crippen LogP contribution in [0, 0.1) is 5.92 Å². The molecule has 0 saturated carbocycles. The molecule has 0 aliphatic rings. The van der Waals surface area contributed by atoms with Crippen LogP contribution in [0.25, 0.3) is 0 Å². The summed E-state index contributed by atoms with van der Waals surface area (Å²) in [5.41, 5.74) is 1.15. The molecule has 4 heteroatoms. The Kier molecular flexibility index (Phi) is 6.67. The third-order valence-electron chi connectivity index (χ3n) is 2.78. The highest BCUT2D eigenvalue weighted by atomic mass is 16.5. The van der Waals surface area contributed by atoms with Crippen LogP contribution in [0.4, 0.5) is 0 Å². The summed E-state index contributed by atoms with van der Waals surface area (Å²) in [6.07, 6.45) is 0. The summed E-state index contributed by atoms with van der Waals surface area (Å²) in [4.78, 5) is 0. The number of methoxy groups -OCH3 is 1. The van der Waals surface area contributed by atoms with E-state index in [-0.39, 0.29) is 12.5 Å². The van der Waals surface area contributed by atoms with Crippen molar-refractivity contribution >= 4 is 0 Å². The Morgan fingerprint density at radius 1 is 1.21 bits per heavy atom. The van der Waals surface area contributed by atoms with E-state index in [0.717, 1.165) is 23.6 Å². The molecular formula is C15H25NO3. The Bertz CT molecular complexity index is 380. The van der Waals surface area contributed by atoms with Crippen LogP contribution in [0.1, 0.15) is 26.3 Å². The van der Waals surface area contributed by atoms with Crippen LogP contribution in [-0.2, 0) is 6.54 Å². The lowest BCUT2D eigenvalue weighted by Gasteiger charge is -2.15. The number of rotatable bonds is 8. The second-order valence-corrected chi connectivity index (χ2v) is 5.12. The maximum absolute atomic E-state index is 9.02. The average molecular weight is 267 g/mol. The number of benzene rings is 1. The highest BCUT2D eigenvalue weighted by molar-refractivity contribution is 5.43. The summed E-state index contributed by atoms with van der Waals surface area (Å²) in [6.45, 7) is 7.57. The molecule has 1 unspecified atom stereocenters. The number of aliphatic hydroxyl groups is 1. The fraction of sp³-hybridized carbons (Fsp3) is 0.600. The molecule has 1 aromatic rings. The van der Waals surface area contributed by atoms with Gasteiger partial charge in [0.25, 0.3) is 0 Å². The molecule has 0 aliphatic carbocycles.